The maximum atomic E-state index is 13.6. The molecule has 1 aromatic heterocycles. The van der Waals surface area contributed by atoms with Crippen molar-refractivity contribution in [3.8, 4) is 0 Å². The molecule has 0 saturated heterocycles. The number of rotatable bonds is 3. The Kier molecular flexibility index (Phi) is 3.47. The average Bonchev–Trinajstić information content (AvgIpc) is 2.86. The maximum absolute atomic E-state index is 13.6. The summed E-state index contributed by atoms with van der Waals surface area (Å²) in [4.78, 5) is 0. The summed E-state index contributed by atoms with van der Waals surface area (Å²) in [6.07, 6.45) is -1.06. The van der Waals surface area contributed by atoms with E-state index < -0.39 is 17.7 Å². The van der Waals surface area contributed by atoms with Crippen molar-refractivity contribution in [2.75, 3.05) is 0 Å². The van der Waals surface area contributed by atoms with Gasteiger partial charge in [-0.25, -0.2) is 8.78 Å². The second-order valence-electron chi connectivity index (χ2n) is 5.15. The van der Waals surface area contributed by atoms with Gasteiger partial charge in [0.25, 0.3) is 0 Å². The number of hydrogen-bond donors (Lipinski definition) is 1. The quantitative estimate of drug-likeness (QED) is 0.779. The van der Waals surface area contributed by atoms with Crippen LogP contribution < -0.4 is 0 Å². The van der Waals surface area contributed by atoms with Gasteiger partial charge in [-0.05, 0) is 48.9 Å². The Bertz CT molecular complexity index is 793. The van der Waals surface area contributed by atoms with Crippen LogP contribution in [-0.4, -0.2) is 5.11 Å². The molecule has 108 valence electrons. The zero-order chi connectivity index (χ0) is 15.0. The predicted octanol–water partition coefficient (Wildman–Crippen LogP) is 4.30. The lowest BCUT2D eigenvalue weighted by atomic mass is 10.1. The van der Waals surface area contributed by atoms with Crippen LogP contribution >= 0.6 is 0 Å². The number of furan rings is 1. The van der Waals surface area contributed by atoms with Crippen LogP contribution in [0.15, 0.2) is 46.9 Å². The third kappa shape index (κ3) is 2.81. The van der Waals surface area contributed by atoms with E-state index in [0.717, 1.165) is 29.1 Å². The summed E-state index contributed by atoms with van der Waals surface area (Å²) < 4.78 is 32.3. The minimum Gasteiger partial charge on any atom is -0.458 e. The molecule has 1 N–H and O–H groups in total. The van der Waals surface area contributed by atoms with Crippen LogP contribution in [0.2, 0.25) is 0 Å². The van der Waals surface area contributed by atoms with Crippen LogP contribution in [0.4, 0.5) is 8.78 Å². The first-order valence-electron chi connectivity index (χ1n) is 6.65. The third-order valence-electron chi connectivity index (χ3n) is 3.44. The Morgan fingerprint density at radius 3 is 2.71 bits per heavy atom. The average molecular weight is 288 g/mol. The topological polar surface area (TPSA) is 33.4 Å². The fourth-order valence-corrected chi connectivity index (χ4v) is 2.36. The number of aliphatic hydroxyl groups excluding tert-OH is 1. The van der Waals surface area contributed by atoms with Gasteiger partial charge in [0.15, 0.2) is 0 Å². The zero-order valence-electron chi connectivity index (χ0n) is 11.4. The largest absolute Gasteiger partial charge is 0.458 e. The first kappa shape index (κ1) is 13.8. The molecule has 0 saturated carbocycles. The van der Waals surface area contributed by atoms with E-state index in [9.17, 15) is 13.9 Å². The molecular weight excluding hydrogens is 274 g/mol. The van der Waals surface area contributed by atoms with Crippen molar-refractivity contribution in [2.24, 2.45) is 0 Å². The molecule has 0 radical (unpaired) electrons. The molecule has 21 heavy (non-hydrogen) atoms. The first-order chi connectivity index (χ1) is 10.0. The third-order valence-corrected chi connectivity index (χ3v) is 3.44. The number of halogens is 2. The smallest absolute Gasteiger partial charge is 0.134 e. The van der Waals surface area contributed by atoms with Crippen molar-refractivity contribution in [1.82, 2.24) is 0 Å². The molecular formula is C17H14F2O2. The molecule has 0 bridgehead atoms. The molecule has 0 spiro atoms. The Balaban J connectivity index is 1.89. The summed E-state index contributed by atoms with van der Waals surface area (Å²) >= 11 is 0. The van der Waals surface area contributed by atoms with E-state index in [1.54, 1.807) is 6.07 Å². The van der Waals surface area contributed by atoms with Crippen LogP contribution in [0, 0.1) is 18.6 Å². The molecule has 1 unspecified atom stereocenters. The van der Waals surface area contributed by atoms with Crippen molar-refractivity contribution in [3.05, 3.63) is 71.0 Å². The van der Waals surface area contributed by atoms with Crippen molar-refractivity contribution >= 4 is 11.0 Å². The van der Waals surface area contributed by atoms with Crippen LogP contribution in [0.1, 0.15) is 23.0 Å². The molecule has 0 aliphatic rings. The molecule has 0 fully saturated rings. The van der Waals surface area contributed by atoms with E-state index in [1.807, 2.05) is 25.1 Å². The number of benzene rings is 2. The van der Waals surface area contributed by atoms with Gasteiger partial charge in [-0.1, -0.05) is 11.6 Å². The van der Waals surface area contributed by atoms with Gasteiger partial charge in [-0.15, -0.1) is 0 Å². The second-order valence-corrected chi connectivity index (χ2v) is 5.15. The molecule has 0 aliphatic heterocycles. The highest BCUT2D eigenvalue weighted by Gasteiger charge is 2.16. The number of fused-ring (bicyclic) bond motifs is 1. The second kappa shape index (κ2) is 5.30. The maximum Gasteiger partial charge on any atom is 0.134 e. The van der Waals surface area contributed by atoms with Crippen LogP contribution in [-0.2, 0) is 6.42 Å². The van der Waals surface area contributed by atoms with E-state index in [2.05, 4.69) is 0 Å². The molecule has 1 heterocycles. The van der Waals surface area contributed by atoms with E-state index in [-0.39, 0.29) is 12.0 Å². The highest BCUT2D eigenvalue weighted by atomic mass is 19.1. The van der Waals surface area contributed by atoms with Gasteiger partial charge in [-0.3, -0.25) is 0 Å². The first-order valence-corrected chi connectivity index (χ1v) is 6.65. The fraction of sp³-hybridized carbons (Fsp3) is 0.176. The van der Waals surface area contributed by atoms with E-state index in [0.29, 0.717) is 11.3 Å². The number of hydrogen-bond acceptors (Lipinski definition) is 2. The lowest BCUT2D eigenvalue weighted by molar-refractivity contribution is 0.151. The zero-order valence-corrected chi connectivity index (χ0v) is 11.4. The minimum absolute atomic E-state index is 0.0393. The van der Waals surface area contributed by atoms with Gasteiger partial charge >= 0.3 is 0 Å². The molecule has 1 atom stereocenters. The summed E-state index contributed by atoms with van der Waals surface area (Å²) in [7, 11) is 0. The SMILES string of the molecule is Cc1ccc2oc(C(O)Cc3cc(F)ccc3F)cc2c1. The number of aliphatic hydroxyl groups is 1. The summed E-state index contributed by atoms with van der Waals surface area (Å²) in [5.41, 5.74) is 1.87. The number of aryl methyl sites for hydroxylation is 1. The predicted molar refractivity (Wildman–Crippen MR) is 76.0 cm³/mol. The highest BCUT2D eigenvalue weighted by Crippen LogP contribution is 2.27. The van der Waals surface area contributed by atoms with Gasteiger partial charge < -0.3 is 9.52 Å². The molecule has 2 nitrogen and oxygen atoms in total. The van der Waals surface area contributed by atoms with Gasteiger partial charge in [0, 0.05) is 11.8 Å². The van der Waals surface area contributed by atoms with E-state index in [1.165, 1.54) is 0 Å². The molecule has 3 aromatic rings. The molecule has 4 heteroatoms. The van der Waals surface area contributed by atoms with Crippen LogP contribution in [0.25, 0.3) is 11.0 Å². The Morgan fingerprint density at radius 2 is 1.90 bits per heavy atom. The van der Waals surface area contributed by atoms with Gasteiger partial charge in [0.05, 0.1) is 0 Å². The van der Waals surface area contributed by atoms with E-state index >= 15 is 0 Å². The van der Waals surface area contributed by atoms with E-state index in [4.69, 9.17) is 4.42 Å². The van der Waals surface area contributed by atoms with Crippen molar-refractivity contribution in [3.63, 3.8) is 0 Å². The summed E-state index contributed by atoms with van der Waals surface area (Å²) in [6, 6.07) is 10.6. The van der Waals surface area contributed by atoms with Crippen LogP contribution in [0.3, 0.4) is 0 Å². The summed E-state index contributed by atoms with van der Waals surface area (Å²) in [6.45, 7) is 1.96. The lowest BCUT2D eigenvalue weighted by Gasteiger charge is -2.08. The molecule has 0 amide bonds. The normalized spacial score (nSPS) is 12.8. The molecule has 2 aromatic carbocycles. The highest BCUT2D eigenvalue weighted by molar-refractivity contribution is 5.78. The Morgan fingerprint density at radius 1 is 1.10 bits per heavy atom. The lowest BCUT2D eigenvalue weighted by Crippen LogP contribution is -2.03. The molecule has 0 aliphatic carbocycles. The Hall–Kier alpha value is -2.20. The van der Waals surface area contributed by atoms with Crippen molar-refractivity contribution < 1.29 is 18.3 Å². The Labute approximate surface area is 120 Å². The van der Waals surface area contributed by atoms with Gasteiger partial charge in [0.1, 0.15) is 29.1 Å². The summed E-state index contributed by atoms with van der Waals surface area (Å²) in [5, 5.41) is 11.1. The van der Waals surface area contributed by atoms with Gasteiger partial charge in [-0.2, -0.15) is 0 Å². The van der Waals surface area contributed by atoms with Crippen LogP contribution in [0.5, 0.6) is 0 Å². The minimum atomic E-state index is -1.02. The van der Waals surface area contributed by atoms with Crippen molar-refractivity contribution in [2.45, 2.75) is 19.4 Å². The van der Waals surface area contributed by atoms with Gasteiger partial charge in [0.2, 0.25) is 0 Å². The monoisotopic (exact) mass is 288 g/mol. The van der Waals surface area contributed by atoms with Crippen molar-refractivity contribution in [1.29, 1.82) is 0 Å². The summed E-state index contributed by atoms with van der Waals surface area (Å²) in [5.74, 6) is -0.722. The standard InChI is InChI=1S/C17H14F2O2/c1-10-2-5-16-12(6-10)9-17(21-16)15(20)8-11-7-13(18)3-4-14(11)19/h2-7,9,15,20H,8H2,1H3. The molecule has 3 rings (SSSR count). The fourth-order valence-electron chi connectivity index (χ4n) is 2.36.